The van der Waals surface area contributed by atoms with Gasteiger partial charge in [-0.2, -0.15) is 0 Å². The number of amides is 2. The Hall–Kier alpha value is -1.95. The van der Waals surface area contributed by atoms with Crippen molar-refractivity contribution in [1.29, 1.82) is 0 Å². The van der Waals surface area contributed by atoms with E-state index in [0.29, 0.717) is 25.4 Å². The fourth-order valence-corrected chi connectivity index (χ4v) is 1.80. The number of ether oxygens (including phenoxy) is 1. The lowest BCUT2D eigenvalue weighted by Gasteiger charge is -2.11. The number of rotatable bonds is 4. The van der Waals surface area contributed by atoms with Gasteiger partial charge in [-0.3, -0.25) is 0 Å². The number of phenols is 1. The summed E-state index contributed by atoms with van der Waals surface area (Å²) in [6.45, 7) is 1.60. The number of aromatic hydroxyl groups is 1. The molecule has 0 aromatic heterocycles. The van der Waals surface area contributed by atoms with Crippen LogP contribution < -0.4 is 21.1 Å². The molecule has 0 aliphatic carbocycles. The van der Waals surface area contributed by atoms with E-state index < -0.39 is 6.03 Å². The van der Waals surface area contributed by atoms with Gasteiger partial charge < -0.3 is 26.2 Å². The quantitative estimate of drug-likeness (QED) is 0.558. The summed E-state index contributed by atoms with van der Waals surface area (Å²) in [4.78, 5) is 10.5. The number of benzene rings is 1. The van der Waals surface area contributed by atoms with Crippen LogP contribution in [0.2, 0.25) is 0 Å². The molecule has 0 spiro atoms. The van der Waals surface area contributed by atoms with Gasteiger partial charge in [-0.05, 0) is 12.1 Å². The van der Waals surface area contributed by atoms with Gasteiger partial charge in [0.25, 0.3) is 0 Å². The number of nitrogens with two attached hydrogens (primary N) is 1. The van der Waals surface area contributed by atoms with Crippen molar-refractivity contribution >= 4 is 6.03 Å². The van der Waals surface area contributed by atoms with E-state index in [-0.39, 0.29) is 11.8 Å². The lowest BCUT2D eigenvalue weighted by atomic mass is 10.1. The maximum absolute atomic E-state index is 10.5. The molecule has 2 amide bonds. The average Bonchev–Trinajstić information content (AvgIpc) is 2.66. The zero-order valence-electron chi connectivity index (χ0n) is 9.27. The molecule has 6 nitrogen and oxygen atoms in total. The van der Waals surface area contributed by atoms with Crippen LogP contribution in [-0.2, 0) is 0 Å². The van der Waals surface area contributed by atoms with E-state index in [9.17, 15) is 9.90 Å². The normalized spacial score (nSPS) is 17.3. The van der Waals surface area contributed by atoms with E-state index in [2.05, 4.69) is 10.6 Å². The number of nitrogens with one attached hydrogen (secondary N) is 2. The highest BCUT2D eigenvalue weighted by atomic mass is 16.5. The first kappa shape index (κ1) is 11.5. The Morgan fingerprint density at radius 1 is 1.53 bits per heavy atom. The Kier molecular flexibility index (Phi) is 3.34. The fourth-order valence-electron chi connectivity index (χ4n) is 1.80. The van der Waals surface area contributed by atoms with Gasteiger partial charge in [0.15, 0.2) is 0 Å². The van der Waals surface area contributed by atoms with E-state index in [0.717, 1.165) is 5.56 Å². The van der Waals surface area contributed by atoms with Crippen molar-refractivity contribution in [2.75, 3.05) is 19.7 Å². The number of hydrogen-bond acceptors (Lipinski definition) is 4. The van der Waals surface area contributed by atoms with E-state index >= 15 is 0 Å². The van der Waals surface area contributed by atoms with Crippen molar-refractivity contribution in [3.8, 4) is 11.5 Å². The molecule has 1 aliphatic rings. The predicted molar refractivity (Wildman–Crippen MR) is 61.9 cm³/mol. The molecule has 1 aliphatic heterocycles. The summed E-state index contributed by atoms with van der Waals surface area (Å²) in [7, 11) is 0. The Morgan fingerprint density at radius 3 is 3.12 bits per heavy atom. The molecule has 1 aromatic rings. The highest BCUT2D eigenvalue weighted by Crippen LogP contribution is 2.34. The maximum atomic E-state index is 10.5. The number of carbonyl (C=O) groups is 1. The fraction of sp³-hybridized carbons (Fsp3) is 0.364. The van der Waals surface area contributed by atoms with Crippen molar-refractivity contribution in [3.05, 3.63) is 23.8 Å². The summed E-state index contributed by atoms with van der Waals surface area (Å²) in [5.74, 6) is 0.894. The molecule has 0 radical (unpaired) electrons. The summed E-state index contributed by atoms with van der Waals surface area (Å²) < 4.78 is 5.44. The van der Waals surface area contributed by atoms with Crippen molar-refractivity contribution in [3.63, 3.8) is 0 Å². The molecule has 1 atom stereocenters. The third kappa shape index (κ3) is 2.79. The van der Waals surface area contributed by atoms with Crippen LogP contribution in [0, 0.1) is 0 Å². The Bertz CT molecular complexity index is 422. The number of phenolic OH excluding ortho intramolecular Hbond substituents is 1. The second kappa shape index (κ2) is 4.92. The first-order valence-corrected chi connectivity index (χ1v) is 5.39. The van der Waals surface area contributed by atoms with Crippen LogP contribution in [0.5, 0.6) is 11.5 Å². The number of carbonyl (C=O) groups excluding carboxylic acids is 1. The van der Waals surface area contributed by atoms with Gasteiger partial charge in [0.1, 0.15) is 18.1 Å². The third-order valence-electron chi connectivity index (χ3n) is 2.59. The second-order valence-corrected chi connectivity index (χ2v) is 3.83. The van der Waals surface area contributed by atoms with E-state index in [1.807, 2.05) is 6.07 Å². The van der Waals surface area contributed by atoms with Crippen LogP contribution in [0.15, 0.2) is 18.2 Å². The molecule has 92 valence electrons. The molecule has 17 heavy (non-hydrogen) atoms. The molecule has 1 heterocycles. The Morgan fingerprint density at radius 2 is 2.35 bits per heavy atom. The van der Waals surface area contributed by atoms with Crippen LogP contribution >= 0.6 is 0 Å². The van der Waals surface area contributed by atoms with E-state index in [1.165, 1.54) is 0 Å². The largest absolute Gasteiger partial charge is 0.508 e. The van der Waals surface area contributed by atoms with Gasteiger partial charge in [0.05, 0.1) is 6.04 Å². The highest BCUT2D eigenvalue weighted by molar-refractivity contribution is 5.71. The summed E-state index contributed by atoms with van der Waals surface area (Å²) >= 11 is 0. The summed E-state index contributed by atoms with van der Waals surface area (Å²) in [5, 5.41) is 15.0. The monoisotopic (exact) mass is 237 g/mol. The molecule has 0 bridgehead atoms. The standard InChI is InChI=1S/C11H15N3O3/c12-11(16)14-4-3-13-9-6-17-10-5-7(15)1-2-8(9)10/h1-2,5,9,13,15H,3-4,6H2,(H3,12,14,16). The van der Waals surface area contributed by atoms with Crippen molar-refractivity contribution in [2.24, 2.45) is 5.73 Å². The lowest BCUT2D eigenvalue weighted by Crippen LogP contribution is -2.36. The molecule has 6 heteroatoms. The zero-order chi connectivity index (χ0) is 12.3. The number of fused-ring (bicyclic) bond motifs is 1. The molecule has 2 rings (SSSR count). The molecule has 1 aromatic carbocycles. The van der Waals surface area contributed by atoms with Crippen LogP contribution in [-0.4, -0.2) is 30.8 Å². The highest BCUT2D eigenvalue weighted by Gasteiger charge is 2.23. The van der Waals surface area contributed by atoms with Crippen molar-refractivity contribution < 1.29 is 14.6 Å². The average molecular weight is 237 g/mol. The number of urea groups is 1. The van der Waals surface area contributed by atoms with Gasteiger partial charge in [-0.15, -0.1) is 0 Å². The molecule has 0 fully saturated rings. The first-order chi connectivity index (χ1) is 8.16. The van der Waals surface area contributed by atoms with Crippen LogP contribution in [0.25, 0.3) is 0 Å². The smallest absolute Gasteiger partial charge is 0.312 e. The molecular weight excluding hydrogens is 222 g/mol. The topological polar surface area (TPSA) is 96.6 Å². The van der Waals surface area contributed by atoms with Gasteiger partial charge >= 0.3 is 6.03 Å². The van der Waals surface area contributed by atoms with Gasteiger partial charge in [-0.25, -0.2) is 4.79 Å². The Balaban J connectivity index is 1.87. The van der Waals surface area contributed by atoms with Crippen LogP contribution in [0.3, 0.4) is 0 Å². The zero-order valence-corrected chi connectivity index (χ0v) is 9.27. The summed E-state index contributed by atoms with van der Waals surface area (Å²) in [6.07, 6.45) is 0. The number of primary amides is 1. The minimum absolute atomic E-state index is 0.0836. The molecular formula is C11H15N3O3. The predicted octanol–water partition coefficient (Wildman–Crippen LogP) is 0.0836. The SMILES string of the molecule is NC(=O)NCCNC1COc2cc(O)ccc21. The van der Waals surface area contributed by atoms with Gasteiger partial charge in [0.2, 0.25) is 0 Å². The minimum Gasteiger partial charge on any atom is -0.508 e. The minimum atomic E-state index is -0.528. The summed E-state index contributed by atoms with van der Waals surface area (Å²) in [5.41, 5.74) is 5.97. The van der Waals surface area contributed by atoms with Crippen LogP contribution in [0.4, 0.5) is 4.79 Å². The maximum Gasteiger partial charge on any atom is 0.312 e. The molecule has 0 saturated heterocycles. The van der Waals surface area contributed by atoms with Crippen molar-refractivity contribution in [1.82, 2.24) is 10.6 Å². The van der Waals surface area contributed by atoms with Crippen molar-refractivity contribution in [2.45, 2.75) is 6.04 Å². The lowest BCUT2D eigenvalue weighted by molar-refractivity contribution is 0.248. The second-order valence-electron chi connectivity index (χ2n) is 3.83. The van der Waals surface area contributed by atoms with E-state index in [1.54, 1.807) is 12.1 Å². The molecule has 0 saturated carbocycles. The van der Waals surface area contributed by atoms with Crippen LogP contribution in [0.1, 0.15) is 11.6 Å². The summed E-state index contributed by atoms with van der Waals surface area (Å²) in [6, 6.07) is 4.61. The van der Waals surface area contributed by atoms with Gasteiger partial charge in [0, 0.05) is 24.7 Å². The molecule has 5 N–H and O–H groups in total. The third-order valence-corrected chi connectivity index (χ3v) is 2.59. The molecule has 1 unspecified atom stereocenters. The van der Waals surface area contributed by atoms with Gasteiger partial charge in [-0.1, -0.05) is 0 Å². The number of hydrogen-bond donors (Lipinski definition) is 4. The Labute approximate surface area is 98.8 Å². The van der Waals surface area contributed by atoms with E-state index in [4.69, 9.17) is 10.5 Å². The first-order valence-electron chi connectivity index (χ1n) is 5.39.